The molecule has 0 amide bonds. The third-order valence-electron chi connectivity index (χ3n) is 3.22. The molecule has 12 heavy (non-hydrogen) atoms. The smallest absolute Gasteiger partial charge is 0.0495 e. The fourth-order valence-corrected chi connectivity index (χ4v) is 2.51. The summed E-state index contributed by atoms with van der Waals surface area (Å²) in [7, 11) is 0. The molecule has 2 atom stereocenters. The number of hydrogen-bond acceptors (Lipinski definition) is 2. The number of rotatable bonds is 2. The van der Waals surface area contributed by atoms with E-state index in [1.54, 1.807) is 0 Å². The molecule has 2 aliphatic heterocycles. The first-order valence-corrected chi connectivity index (χ1v) is 5.11. The van der Waals surface area contributed by atoms with Crippen LogP contribution in [0.5, 0.6) is 0 Å². The zero-order valence-corrected chi connectivity index (χ0v) is 7.94. The Kier molecular flexibility index (Phi) is 2.37. The molecule has 70 valence electrons. The molecule has 2 aliphatic rings. The topological polar surface area (TPSA) is 21.3 Å². The van der Waals surface area contributed by atoms with Crippen LogP contribution in [0.15, 0.2) is 0 Å². The first-order chi connectivity index (χ1) is 5.79. The molecule has 2 heterocycles. The van der Waals surface area contributed by atoms with Crippen molar-refractivity contribution in [2.24, 2.45) is 5.92 Å². The van der Waals surface area contributed by atoms with E-state index in [-0.39, 0.29) is 0 Å². The van der Waals surface area contributed by atoms with Crippen molar-refractivity contribution < 1.29 is 4.74 Å². The Balaban J connectivity index is 1.83. The molecule has 2 nitrogen and oxygen atoms in total. The van der Waals surface area contributed by atoms with Crippen LogP contribution in [0.2, 0.25) is 0 Å². The van der Waals surface area contributed by atoms with Crippen LogP contribution in [0.1, 0.15) is 32.6 Å². The van der Waals surface area contributed by atoms with Gasteiger partial charge < -0.3 is 10.1 Å². The lowest BCUT2D eigenvalue weighted by molar-refractivity contribution is 0.176. The van der Waals surface area contributed by atoms with Gasteiger partial charge in [-0.05, 0) is 45.1 Å². The van der Waals surface area contributed by atoms with Crippen LogP contribution in [-0.4, -0.2) is 25.3 Å². The lowest BCUT2D eigenvalue weighted by atomic mass is 9.87. The van der Waals surface area contributed by atoms with Gasteiger partial charge in [0.2, 0.25) is 0 Å². The largest absolute Gasteiger partial charge is 0.381 e. The summed E-state index contributed by atoms with van der Waals surface area (Å²) >= 11 is 0. The van der Waals surface area contributed by atoms with Crippen LogP contribution in [0.3, 0.4) is 0 Å². The van der Waals surface area contributed by atoms with E-state index in [0.29, 0.717) is 5.54 Å². The van der Waals surface area contributed by atoms with Crippen molar-refractivity contribution >= 4 is 0 Å². The van der Waals surface area contributed by atoms with E-state index in [9.17, 15) is 0 Å². The molecule has 2 saturated heterocycles. The van der Waals surface area contributed by atoms with Crippen molar-refractivity contribution in [3.05, 3.63) is 0 Å². The highest BCUT2D eigenvalue weighted by atomic mass is 16.5. The molecule has 2 fully saturated rings. The maximum atomic E-state index is 5.38. The van der Waals surface area contributed by atoms with Gasteiger partial charge >= 0.3 is 0 Å². The Bertz CT molecular complexity index is 146. The molecule has 2 unspecified atom stereocenters. The zero-order valence-electron chi connectivity index (χ0n) is 7.94. The van der Waals surface area contributed by atoms with Gasteiger partial charge in [-0.2, -0.15) is 0 Å². The predicted molar refractivity (Wildman–Crippen MR) is 49.2 cm³/mol. The van der Waals surface area contributed by atoms with Crippen molar-refractivity contribution in [2.75, 3.05) is 19.8 Å². The minimum atomic E-state index is 0.429. The van der Waals surface area contributed by atoms with Crippen molar-refractivity contribution in [3.8, 4) is 0 Å². The van der Waals surface area contributed by atoms with Crippen molar-refractivity contribution in [3.63, 3.8) is 0 Å². The SMILES string of the molecule is CC1(CC2CCOC2)CCCN1. The van der Waals surface area contributed by atoms with Crippen LogP contribution in [-0.2, 0) is 4.74 Å². The quantitative estimate of drug-likeness (QED) is 0.677. The molecule has 0 aliphatic carbocycles. The van der Waals surface area contributed by atoms with Gasteiger partial charge in [0.05, 0.1) is 0 Å². The molecule has 0 spiro atoms. The van der Waals surface area contributed by atoms with E-state index < -0.39 is 0 Å². The summed E-state index contributed by atoms with van der Waals surface area (Å²) in [6.07, 6.45) is 5.29. The number of hydrogen-bond donors (Lipinski definition) is 1. The van der Waals surface area contributed by atoms with Crippen molar-refractivity contribution in [2.45, 2.75) is 38.1 Å². The fourth-order valence-electron chi connectivity index (χ4n) is 2.51. The van der Waals surface area contributed by atoms with Crippen LogP contribution in [0, 0.1) is 5.92 Å². The minimum Gasteiger partial charge on any atom is -0.381 e. The normalized spacial score (nSPS) is 42.2. The van der Waals surface area contributed by atoms with Crippen molar-refractivity contribution in [1.82, 2.24) is 5.32 Å². The standard InChI is InChI=1S/C10H19NO/c1-10(4-2-5-11-10)7-9-3-6-12-8-9/h9,11H,2-8H2,1H3. The highest BCUT2D eigenvalue weighted by Gasteiger charge is 2.32. The summed E-state index contributed by atoms with van der Waals surface area (Å²) in [5.74, 6) is 0.820. The average molecular weight is 169 g/mol. The van der Waals surface area contributed by atoms with Gasteiger partial charge in [-0.15, -0.1) is 0 Å². The molecule has 0 bridgehead atoms. The van der Waals surface area contributed by atoms with E-state index in [0.717, 1.165) is 19.1 Å². The van der Waals surface area contributed by atoms with Crippen LogP contribution < -0.4 is 5.32 Å². The molecule has 2 heteroatoms. The maximum Gasteiger partial charge on any atom is 0.0495 e. The van der Waals surface area contributed by atoms with E-state index >= 15 is 0 Å². The fraction of sp³-hybridized carbons (Fsp3) is 1.00. The second kappa shape index (κ2) is 3.35. The summed E-state index contributed by atoms with van der Waals surface area (Å²) in [6.45, 7) is 5.56. The second-order valence-corrected chi connectivity index (χ2v) is 4.52. The molecule has 0 saturated carbocycles. The summed E-state index contributed by atoms with van der Waals surface area (Å²) in [4.78, 5) is 0. The Morgan fingerprint density at radius 3 is 3.08 bits per heavy atom. The number of nitrogens with one attached hydrogen (secondary N) is 1. The summed E-state index contributed by atoms with van der Waals surface area (Å²) in [5.41, 5.74) is 0.429. The highest BCUT2D eigenvalue weighted by molar-refractivity contribution is 4.90. The molecular weight excluding hydrogens is 150 g/mol. The minimum absolute atomic E-state index is 0.429. The molecule has 0 aromatic heterocycles. The maximum absolute atomic E-state index is 5.38. The molecule has 0 radical (unpaired) electrons. The zero-order chi connectivity index (χ0) is 8.44. The third-order valence-corrected chi connectivity index (χ3v) is 3.22. The second-order valence-electron chi connectivity index (χ2n) is 4.52. The Morgan fingerprint density at radius 2 is 2.50 bits per heavy atom. The van der Waals surface area contributed by atoms with Gasteiger partial charge in [-0.3, -0.25) is 0 Å². The highest BCUT2D eigenvalue weighted by Crippen LogP contribution is 2.29. The van der Waals surface area contributed by atoms with Gasteiger partial charge in [0.25, 0.3) is 0 Å². The van der Waals surface area contributed by atoms with Crippen LogP contribution in [0.25, 0.3) is 0 Å². The monoisotopic (exact) mass is 169 g/mol. The Morgan fingerprint density at radius 1 is 1.58 bits per heavy atom. The summed E-state index contributed by atoms with van der Waals surface area (Å²) in [5, 5.41) is 3.60. The molecule has 2 rings (SSSR count). The van der Waals surface area contributed by atoms with Gasteiger partial charge in [0.1, 0.15) is 0 Å². The van der Waals surface area contributed by atoms with Gasteiger partial charge in [-0.25, -0.2) is 0 Å². The first-order valence-electron chi connectivity index (χ1n) is 5.11. The summed E-state index contributed by atoms with van der Waals surface area (Å²) < 4.78 is 5.38. The van der Waals surface area contributed by atoms with Crippen molar-refractivity contribution in [1.29, 1.82) is 0 Å². The average Bonchev–Trinajstić information content (AvgIpc) is 2.62. The Labute approximate surface area is 74.7 Å². The van der Waals surface area contributed by atoms with Gasteiger partial charge in [-0.1, -0.05) is 0 Å². The first kappa shape index (κ1) is 8.52. The lowest BCUT2D eigenvalue weighted by Crippen LogP contribution is -2.38. The predicted octanol–water partition coefficient (Wildman–Crippen LogP) is 1.56. The molecule has 1 N–H and O–H groups in total. The van der Waals surface area contributed by atoms with E-state index in [4.69, 9.17) is 4.74 Å². The van der Waals surface area contributed by atoms with E-state index in [2.05, 4.69) is 12.2 Å². The van der Waals surface area contributed by atoms with Gasteiger partial charge in [0.15, 0.2) is 0 Å². The molecule has 0 aromatic carbocycles. The third kappa shape index (κ3) is 1.80. The lowest BCUT2D eigenvalue weighted by Gasteiger charge is -2.27. The summed E-state index contributed by atoms with van der Waals surface area (Å²) in [6, 6.07) is 0. The Hall–Kier alpha value is -0.0800. The molecule has 0 aromatic rings. The molecular formula is C10H19NO. The van der Waals surface area contributed by atoms with Crippen LogP contribution >= 0.6 is 0 Å². The van der Waals surface area contributed by atoms with E-state index in [1.165, 1.54) is 32.2 Å². The van der Waals surface area contributed by atoms with E-state index in [1.807, 2.05) is 0 Å². The van der Waals surface area contributed by atoms with Gasteiger partial charge in [0, 0.05) is 18.8 Å². The van der Waals surface area contributed by atoms with Crippen LogP contribution in [0.4, 0.5) is 0 Å². The number of ether oxygens (including phenoxy) is 1.